The molecule has 0 saturated carbocycles. The van der Waals surface area contributed by atoms with E-state index < -0.39 is 0 Å². The Kier molecular flexibility index (Phi) is 11.8. The maximum absolute atomic E-state index is 2.53. The van der Waals surface area contributed by atoms with Crippen LogP contribution in [0.4, 0.5) is 0 Å². The Bertz CT molecular complexity index is 844. The van der Waals surface area contributed by atoms with Gasteiger partial charge >= 0.3 is 0 Å². The Labute approximate surface area is 194 Å². The van der Waals surface area contributed by atoms with Crippen molar-refractivity contribution in [2.24, 2.45) is 0 Å². The van der Waals surface area contributed by atoms with Crippen molar-refractivity contribution in [2.75, 3.05) is 0 Å². The van der Waals surface area contributed by atoms with Gasteiger partial charge in [-0.05, 0) is 18.6 Å². The van der Waals surface area contributed by atoms with Crippen molar-refractivity contribution < 1.29 is 21.5 Å². The quantitative estimate of drug-likeness (QED) is 0.254. The van der Waals surface area contributed by atoms with Gasteiger partial charge < -0.3 is 17.0 Å². The lowest BCUT2D eigenvalue weighted by molar-refractivity contribution is -0.670. The van der Waals surface area contributed by atoms with Gasteiger partial charge in [0.1, 0.15) is 0 Å². The van der Waals surface area contributed by atoms with Gasteiger partial charge in [0, 0.05) is 29.5 Å². The first kappa shape index (κ1) is 24.6. The maximum Gasteiger partial charge on any atom is 0.212 e. The van der Waals surface area contributed by atoms with Gasteiger partial charge in [-0.2, -0.15) is 4.57 Å². The number of rotatable bonds is 13. The first-order valence-corrected chi connectivity index (χ1v) is 11.8. The van der Waals surface area contributed by atoms with E-state index >= 15 is 0 Å². The number of pyridine rings is 1. The van der Waals surface area contributed by atoms with Crippen LogP contribution < -0.4 is 21.5 Å². The molecule has 0 atom stereocenters. The number of nitrogens with zero attached hydrogens (tertiary/aromatic N) is 1. The highest BCUT2D eigenvalue weighted by Gasteiger charge is 2.15. The smallest absolute Gasteiger partial charge is 0.212 e. The number of aryl methyl sites for hydroxylation is 1. The number of halogens is 1. The molecule has 0 radical (unpaired) electrons. The molecule has 3 aromatic rings. The van der Waals surface area contributed by atoms with Crippen LogP contribution in [0.2, 0.25) is 0 Å². The molecule has 0 aliphatic rings. The molecule has 0 aliphatic heterocycles. The summed E-state index contributed by atoms with van der Waals surface area (Å²) in [7, 11) is 0. The lowest BCUT2D eigenvalue weighted by Gasteiger charge is -2.08. The van der Waals surface area contributed by atoms with Crippen LogP contribution in [0.5, 0.6) is 0 Å². The van der Waals surface area contributed by atoms with Crippen LogP contribution in [0.1, 0.15) is 82.4 Å². The second kappa shape index (κ2) is 14.4. The van der Waals surface area contributed by atoms with E-state index in [1.165, 1.54) is 92.8 Å². The number of hydrogen-bond donors (Lipinski definition) is 0. The number of unbranched alkanes of at least 4 members (excludes halogenated alkanes) is 9. The molecule has 0 bridgehead atoms. The SMILES string of the molecule is CCCCCCCCCCCCc1ccc2ccccc2[n+]1Cc1ccccc1.[Br-]. The molecule has 0 N–H and O–H groups in total. The van der Waals surface area contributed by atoms with E-state index in [4.69, 9.17) is 0 Å². The minimum atomic E-state index is 0. The molecular formula is C28H38BrN. The zero-order valence-electron chi connectivity index (χ0n) is 18.7. The van der Waals surface area contributed by atoms with Crippen LogP contribution in [0.15, 0.2) is 66.7 Å². The predicted molar refractivity (Wildman–Crippen MR) is 125 cm³/mol. The lowest BCUT2D eigenvalue weighted by Crippen LogP contribution is -3.00. The summed E-state index contributed by atoms with van der Waals surface area (Å²) >= 11 is 0. The Hall–Kier alpha value is -1.67. The molecule has 1 aromatic heterocycles. The van der Waals surface area contributed by atoms with Crippen LogP contribution in [0.3, 0.4) is 0 Å². The summed E-state index contributed by atoms with van der Waals surface area (Å²) in [6.45, 7) is 3.24. The maximum atomic E-state index is 2.53. The van der Waals surface area contributed by atoms with Crippen LogP contribution in [-0.2, 0) is 13.0 Å². The van der Waals surface area contributed by atoms with E-state index in [0.29, 0.717) is 0 Å². The van der Waals surface area contributed by atoms with E-state index in [9.17, 15) is 0 Å². The monoisotopic (exact) mass is 467 g/mol. The zero-order valence-corrected chi connectivity index (χ0v) is 20.2. The third kappa shape index (κ3) is 7.87. The Morgan fingerprint density at radius 1 is 0.600 bits per heavy atom. The predicted octanol–water partition coefficient (Wildman–Crippen LogP) is 4.64. The molecule has 2 heteroatoms. The third-order valence-electron chi connectivity index (χ3n) is 6.00. The lowest BCUT2D eigenvalue weighted by atomic mass is 10.0. The number of hydrogen-bond acceptors (Lipinski definition) is 0. The highest BCUT2D eigenvalue weighted by molar-refractivity contribution is 5.75. The number of fused-ring (bicyclic) bond motifs is 1. The van der Waals surface area contributed by atoms with Crippen molar-refractivity contribution in [3.05, 3.63) is 78.0 Å². The molecule has 0 unspecified atom stereocenters. The van der Waals surface area contributed by atoms with Crippen LogP contribution in [-0.4, -0.2) is 0 Å². The van der Waals surface area contributed by atoms with E-state index in [1.54, 1.807) is 0 Å². The molecular weight excluding hydrogens is 430 g/mol. The molecule has 0 amide bonds. The fourth-order valence-corrected chi connectivity index (χ4v) is 4.27. The minimum Gasteiger partial charge on any atom is -1.00 e. The van der Waals surface area contributed by atoms with Gasteiger partial charge in [-0.15, -0.1) is 0 Å². The van der Waals surface area contributed by atoms with Gasteiger partial charge in [0.15, 0.2) is 12.2 Å². The summed E-state index contributed by atoms with van der Waals surface area (Å²) in [5, 5.41) is 1.33. The molecule has 0 aliphatic carbocycles. The van der Waals surface area contributed by atoms with Crippen LogP contribution >= 0.6 is 0 Å². The zero-order chi connectivity index (χ0) is 20.2. The van der Waals surface area contributed by atoms with Gasteiger partial charge in [-0.1, -0.05) is 107 Å². The van der Waals surface area contributed by atoms with Crippen molar-refractivity contribution in [1.29, 1.82) is 0 Å². The normalized spacial score (nSPS) is 10.8. The summed E-state index contributed by atoms with van der Waals surface area (Å²) in [5.41, 5.74) is 4.19. The Morgan fingerprint density at radius 2 is 1.20 bits per heavy atom. The Balaban J connectivity index is 0.00000320. The molecule has 0 fully saturated rings. The fourth-order valence-electron chi connectivity index (χ4n) is 4.27. The summed E-state index contributed by atoms with van der Waals surface area (Å²) in [6, 6.07) is 24.3. The second-order valence-electron chi connectivity index (χ2n) is 8.39. The Morgan fingerprint density at radius 3 is 1.90 bits per heavy atom. The topological polar surface area (TPSA) is 3.88 Å². The second-order valence-corrected chi connectivity index (χ2v) is 8.39. The molecule has 0 saturated heterocycles. The minimum absolute atomic E-state index is 0. The molecule has 30 heavy (non-hydrogen) atoms. The van der Waals surface area contributed by atoms with E-state index in [0.717, 1.165) is 6.54 Å². The average Bonchev–Trinajstić information content (AvgIpc) is 2.77. The van der Waals surface area contributed by atoms with Crippen LogP contribution in [0.25, 0.3) is 10.9 Å². The number of para-hydroxylation sites is 1. The molecule has 1 heterocycles. The number of benzene rings is 2. The highest BCUT2D eigenvalue weighted by atomic mass is 79.9. The standard InChI is InChI=1S/C28H38N.BrH/c1-2-3-4-5-6-7-8-9-10-14-20-27-23-22-26-19-15-16-21-28(26)29(27)24-25-17-12-11-13-18-25;/h11-13,15-19,21-23H,2-10,14,20,24H2,1H3;1H/q+1;/p-1. The summed E-state index contributed by atoms with van der Waals surface area (Å²) < 4.78 is 2.53. The van der Waals surface area contributed by atoms with Gasteiger partial charge in [0.05, 0.1) is 0 Å². The first-order valence-electron chi connectivity index (χ1n) is 11.8. The summed E-state index contributed by atoms with van der Waals surface area (Å²) in [6.07, 6.45) is 15.1. The van der Waals surface area contributed by atoms with E-state index in [1.807, 2.05) is 0 Å². The van der Waals surface area contributed by atoms with Crippen LogP contribution in [0, 0.1) is 0 Å². The third-order valence-corrected chi connectivity index (χ3v) is 6.00. The molecule has 3 rings (SSSR count). The summed E-state index contributed by atoms with van der Waals surface area (Å²) in [4.78, 5) is 0. The molecule has 2 aromatic carbocycles. The van der Waals surface area contributed by atoms with Crippen molar-refractivity contribution in [3.63, 3.8) is 0 Å². The largest absolute Gasteiger partial charge is 1.00 e. The first-order chi connectivity index (χ1) is 14.4. The van der Waals surface area contributed by atoms with Crippen molar-refractivity contribution in [3.8, 4) is 0 Å². The van der Waals surface area contributed by atoms with E-state index in [2.05, 4.69) is 78.2 Å². The molecule has 1 nitrogen and oxygen atoms in total. The van der Waals surface area contributed by atoms with Gasteiger partial charge in [-0.3, -0.25) is 0 Å². The number of aromatic nitrogens is 1. The van der Waals surface area contributed by atoms with Crippen molar-refractivity contribution in [2.45, 2.75) is 84.1 Å². The van der Waals surface area contributed by atoms with Crippen molar-refractivity contribution >= 4 is 10.9 Å². The van der Waals surface area contributed by atoms with Crippen molar-refractivity contribution in [1.82, 2.24) is 0 Å². The fraction of sp³-hybridized carbons (Fsp3) is 0.464. The molecule has 162 valence electrons. The van der Waals surface area contributed by atoms with Gasteiger partial charge in [0.2, 0.25) is 5.52 Å². The molecule has 0 spiro atoms. The van der Waals surface area contributed by atoms with E-state index in [-0.39, 0.29) is 17.0 Å². The van der Waals surface area contributed by atoms with Gasteiger partial charge in [-0.25, -0.2) is 0 Å². The average molecular weight is 469 g/mol. The highest BCUT2D eigenvalue weighted by Crippen LogP contribution is 2.15. The van der Waals surface area contributed by atoms with Gasteiger partial charge in [0.25, 0.3) is 0 Å². The summed E-state index contributed by atoms with van der Waals surface area (Å²) in [5.74, 6) is 0.